The van der Waals surface area contributed by atoms with Gasteiger partial charge in [0.15, 0.2) is 0 Å². The predicted octanol–water partition coefficient (Wildman–Crippen LogP) is 1.31. The van der Waals surface area contributed by atoms with Crippen molar-refractivity contribution < 1.29 is 5.02 Å². The fourth-order valence-electron chi connectivity index (χ4n) is 0.560. The number of hydrogen-bond acceptors (Lipinski definition) is 2. The van der Waals surface area contributed by atoms with E-state index in [2.05, 4.69) is 0 Å². The average molecular weight is 137 g/mol. The van der Waals surface area contributed by atoms with Gasteiger partial charge < -0.3 is 5.02 Å². The summed E-state index contributed by atoms with van der Waals surface area (Å²) >= 11 is 1.31. The first-order valence-electron chi connectivity index (χ1n) is 2.61. The van der Waals surface area contributed by atoms with Gasteiger partial charge in [0.25, 0.3) is 0 Å². The Labute approximate surface area is 59.3 Å². The second kappa shape index (κ2) is 3.59. The van der Waals surface area contributed by atoms with E-state index >= 15 is 0 Å². The van der Waals surface area contributed by atoms with E-state index in [1.165, 1.54) is 11.6 Å². The topological polar surface area (TPSA) is 20.2 Å². The van der Waals surface area contributed by atoms with Gasteiger partial charge in [-0.05, 0) is 17.0 Å². The molecule has 0 saturated carbocycles. The summed E-state index contributed by atoms with van der Waals surface area (Å²) in [5.74, 6) is 0. The van der Waals surface area contributed by atoms with E-state index in [0.29, 0.717) is 0 Å². The van der Waals surface area contributed by atoms with Gasteiger partial charge in [-0.3, -0.25) is 0 Å². The number of benzene rings is 1. The molecular formula is C6H6BOS. The van der Waals surface area contributed by atoms with E-state index in [-0.39, 0.29) is 0 Å². The van der Waals surface area contributed by atoms with E-state index in [1.807, 2.05) is 30.3 Å². The maximum atomic E-state index is 8.36. The molecule has 0 amide bonds. The molecule has 0 aliphatic rings. The van der Waals surface area contributed by atoms with E-state index in [4.69, 9.17) is 5.02 Å². The van der Waals surface area contributed by atoms with Gasteiger partial charge in [-0.15, -0.1) is 11.6 Å². The van der Waals surface area contributed by atoms with Gasteiger partial charge in [0.05, 0.1) is 0 Å². The Hall–Kier alpha value is -0.405. The minimum Gasteiger partial charge on any atom is -0.444 e. The van der Waals surface area contributed by atoms with Gasteiger partial charge in [-0.25, -0.2) is 0 Å². The number of hydrogen-bond donors (Lipinski definition) is 1. The Bertz CT molecular complexity index is 166. The van der Waals surface area contributed by atoms with Crippen LogP contribution in [-0.2, 0) is 0 Å². The van der Waals surface area contributed by atoms with Crippen molar-refractivity contribution in [3.8, 4) is 0 Å². The van der Waals surface area contributed by atoms with Gasteiger partial charge in [0.2, 0.25) is 0 Å². The second-order valence-corrected chi connectivity index (χ2v) is 2.45. The molecule has 0 heterocycles. The molecule has 1 nitrogen and oxygen atoms in total. The third-order valence-electron chi connectivity index (χ3n) is 0.932. The van der Waals surface area contributed by atoms with Crippen molar-refractivity contribution in [3.05, 3.63) is 30.3 Å². The van der Waals surface area contributed by atoms with Crippen LogP contribution in [0.3, 0.4) is 0 Å². The lowest BCUT2D eigenvalue weighted by Crippen LogP contribution is -1.77. The summed E-state index contributed by atoms with van der Waals surface area (Å²) in [7, 11) is 0. The van der Waals surface area contributed by atoms with Crippen molar-refractivity contribution in [3.63, 3.8) is 0 Å². The van der Waals surface area contributed by atoms with Crippen LogP contribution in [0.25, 0.3) is 0 Å². The molecule has 9 heavy (non-hydrogen) atoms. The Kier molecular flexibility index (Phi) is 2.68. The van der Waals surface area contributed by atoms with Crippen LogP contribution in [0, 0.1) is 0 Å². The summed E-state index contributed by atoms with van der Waals surface area (Å²) in [6.07, 6.45) is 0. The standard InChI is InChI=1S/C6H6BOS/c8-7-9-6-4-2-1-3-5-6/h1-5,8H. The molecule has 1 rings (SSSR count). The third-order valence-corrected chi connectivity index (χ3v) is 1.58. The Morgan fingerprint density at radius 2 is 1.89 bits per heavy atom. The predicted molar refractivity (Wildman–Crippen MR) is 40.3 cm³/mol. The van der Waals surface area contributed by atoms with E-state index in [9.17, 15) is 0 Å². The maximum absolute atomic E-state index is 8.36. The molecule has 0 bridgehead atoms. The lowest BCUT2D eigenvalue weighted by Gasteiger charge is -1.91. The molecule has 0 fully saturated rings. The first-order chi connectivity index (χ1) is 4.43. The molecule has 0 aromatic heterocycles. The third kappa shape index (κ3) is 2.12. The van der Waals surface area contributed by atoms with Crippen molar-refractivity contribution in [2.45, 2.75) is 4.90 Å². The SMILES string of the molecule is O[B]Sc1ccccc1. The Morgan fingerprint density at radius 1 is 1.22 bits per heavy atom. The van der Waals surface area contributed by atoms with E-state index in [0.717, 1.165) is 11.7 Å². The zero-order valence-corrected chi connectivity index (χ0v) is 5.64. The summed E-state index contributed by atoms with van der Waals surface area (Å²) in [4.78, 5) is 1.06. The van der Waals surface area contributed by atoms with E-state index < -0.39 is 0 Å². The quantitative estimate of drug-likeness (QED) is 0.620. The molecule has 1 N–H and O–H groups in total. The lowest BCUT2D eigenvalue weighted by atomic mass is 10.4. The molecule has 1 aromatic rings. The minimum atomic E-state index is 1.06. The van der Waals surface area contributed by atoms with Gasteiger partial charge in [-0.2, -0.15) is 0 Å². The summed E-state index contributed by atoms with van der Waals surface area (Å²) in [5, 5.41) is 8.36. The zero-order chi connectivity index (χ0) is 6.53. The van der Waals surface area contributed by atoms with Crippen molar-refractivity contribution in [2.24, 2.45) is 0 Å². The van der Waals surface area contributed by atoms with Crippen LogP contribution in [-0.4, -0.2) is 11.8 Å². The normalized spacial score (nSPS) is 9.00. The van der Waals surface area contributed by atoms with Gasteiger partial charge in [0, 0.05) is 0 Å². The molecule has 0 aliphatic carbocycles. The Morgan fingerprint density at radius 3 is 2.44 bits per heavy atom. The molecule has 1 radical (unpaired) electrons. The molecule has 3 heteroatoms. The first kappa shape index (κ1) is 6.71. The maximum Gasteiger partial charge on any atom is 0.374 e. The highest BCUT2D eigenvalue weighted by Crippen LogP contribution is 2.12. The van der Waals surface area contributed by atoms with Crippen LogP contribution in [0.2, 0.25) is 0 Å². The monoisotopic (exact) mass is 137 g/mol. The van der Waals surface area contributed by atoms with E-state index in [1.54, 1.807) is 0 Å². The molecule has 0 atom stereocenters. The van der Waals surface area contributed by atoms with Gasteiger partial charge in [-0.1, -0.05) is 18.2 Å². The molecule has 0 spiro atoms. The molecule has 1 aromatic carbocycles. The first-order valence-corrected chi connectivity index (χ1v) is 3.49. The fraction of sp³-hybridized carbons (Fsp3) is 0. The summed E-state index contributed by atoms with van der Waals surface area (Å²) in [6, 6.07) is 9.70. The van der Waals surface area contributed by atoms with Crippen LogP contribution in [0.5, 0.6) is 0 Å². The largest absolute Gasteiger partial charge is 0.444 e. The van der Waals surface area contributed by atoms with Crippen molar-refractivity contribution in [2.75, 3.05) is 0 Å². The van der Waals surface area contributed by atoms with Gasteiger partial charge >= 0.3 is 6.76 Å². The second-order valence-electron chi connectivity index (χ2n) is 1.54. The highest BCUT2D eigenvalue weighted by Gasteiger charge is 1.88. The fourth-order valence-corrected chi connectivity index (χ4v) is 0.996. The highest BCUT2D eigenvalue weighted by atomic mass is 32.2. The molecule has 0 unspecified atom stereocenters. The van der Waals surface area contributed by atoms with Crippen LogP contribution in [0.4, 0.5) is 0 Å². The zero-order valence-electron chi connectivity index (χ0n) is 4.82. The molecule has 0 aliphatic heterocycles. The van der Waals surface area contributed by atoms with Crippen LogP contribution >= 0.6 is 11.6 Å². The molecular weight excluding hydrogens is 131 g/mol. The molecule has 45 valence electrons. The minimum absolute atomic E-state index is 1.06. The van der Waals surface area contributed by atoms with Crippen molar-refractivity contribution in [1.29, 1.82) is 0 Å². The van der Waals surface area contributed by atoms with Crippen LogP contribution < -0.4 is 0 Å². The van der Waals surface area contributed by atoms with Gasteiger partial charge in [0.1, 0.15) is 0 Å². The van der Waals surface area contributed by atoms with Crippen LogP contribution in [0.15, 0.2) is 35.2 Å². The summed E-state index contributed by atoms with van der Waals surface area (Å²) in [5.41, 5.74) is 0. The Balaban J connectivity index is 2.61. The molecule has 0 saturated heterocycles. The number of rotatable bonds is 2. The average Bonchev–Trinajstić information content (AvgIpc) is 1.91. The highest BCUT2D eigenvalue weighted by molar-refractivity contribution is 8.21. The van der Waals surface area contributed by atoms with Crippen molar-refractivity contribution in [1.82, 2.24) is 0 Å². The summed E-state index contributed by atoms with van der Waals surface area (Å²) < 4.78 is 0. The lowest BCUT2D eigenvalue weighted by molar-refractivity contribution is 0.623. The van der Waals surface area contributed by atoms with Crippen molar-refractivity contribution >= 4 is 18.4 Å². The van der Waals surface area contributed by atoms with Crippen LogP contribution in [0.1, 0.15) is 0 Å². The smallest absolute Gasteiger partial charge is 0.374 e. The summed E-state index contributed by atoms with van der Waals surface area (Å²) in [6.45, 7) is 1.08.